The summed E-state index contributed by atoms with van der Waals surface area (Å²) in [7, 11) is 0. The fraction of sp³-hybridized carbons (Fsp3) is 0.273. The van der Waals surface area contributed by atoms with Crippen molar-refractivity contribution in [2.45, 2.75) is 16.8 Å². The number of hydrogen-bond donors (Lipinski definition) is 0. The number of para-hydroxylation sites is 1. The van der Waals surface area contributed by atoms with Crippen molar-refractivity contribution >= 4 is 40.4 Å². The highest BCUT2D eigenvalue weighted by Gasteiger charge is 2.48. The predicted molar refractivity (Wildman–Crippen MR) is 70.7 cm³/mol. The Morgan fingerprint density at radius 1 is 1.33 bits per heavy atom. The van der Waals surface area contributed by atoms with Gasteiger partial charge in [-0.1, -0.05) is 53.0 Å². The molecule has 1 atom stereocenters. The van der Waals surface area contributed by atoms with E-state index in [-0.39, 0.29) is 5.70 Å². The molecule has 96 valence electrons. The lowest BCUT2D eigenvalue weighted by molar-refractivity contribution is -0.434. The molecular formula is C11H8Cl3NO3. The summed E-state index contributed by atoms with van der Waals surface area (Å²) in [6.07, 6.45) is -1.23. The van der Waals surface area contributed by atoms with Gasteiger partial charge in [-0.2, -0.15) is 0 Å². The Labute approximate surface area is 118 Å². The number of hydrogen-bond acceptors (Lipinski definition) is 3. The van der Waals surface area contributed by atoms with Crippen LogP contribution < -0.4 is 4.74 Å². The third-order valence-electron chi connectivity index (χ3n) is 2.66. The van der Waals surface area contributed by atoms with Gasteiger partial charge in [0.15, 0.2) is 0 Å². The third kappa shape index (κ3) is 2.28. The molecule has 0 saturated heterocycles. The van der Waals surface area contributed by atoms with Crippen molar-refractivity contribution in [2.75, 3.05) is 0 Å². The average Bonchev–Trinajstić information content (AvgIpc) is 2.27. The second-order valence-corrected chi connectivity index (χ2v) is 6.17. The molecule has 0 aliphatic carbocycles. The van der Waals surface area contributed by atoms with E-state index in [1.54, 1.807) is 31.2 Å². The zero-order chi connectivity index (χ0) is 13.5. The molecule has 7 heteroatoms. The van der Waals surface area contributed by atoms with Gasteiger partial charge in [-0.15, -0.1) is 0 Å². The maximum Gasteiger partial charge on any atom is 0.294 e. The van der Waals surface area contributed by atoms with Crippen molar-refractivity contribution in [3.05, 3.63) is 45.6 Å². The molecule has 0 amide bonds. The highest BCUT2D eigenvalue weighted by Crippen LogP contribution is 2.44. The van der Waals surface area contributed by atoms with Gasteiger partial charge >= 0.3 is 0 Å². The highest BCUT2D eigenvalue weighted by molar-refractivity contribution is 6.68. The van der Waals surface area contributed by atoms with Crippen LogP contribution in [0.3, 0.4) is 0 Å². The van der Waals surface area contributed by atoms with Crippen molar-refractivity contribution in [3.63, 3.8) is 0 Å². The van der Waals surface area contributed by atoms with Gasteiger partial charge in [0.2, 0.25) is 9.90 Å². The minimum Gasteiger partial charge on any atom is -0.474 e. The summed E-state index contributed by atoms with van der Waals surface area (Å²) in [5.74, 6) is 0.469. The molecule has 0 fully saturated rings. The Balaban J connectivity index is 2.64. The first-order valence-electron chi connectivity index (χ1n) is 5.00. The van der Waals surface area contributed by atoms with Crippen molar-refractivity contribution in [2.24, 2.45) is 0 Å². The van der Waals surface area contributed by atoms with Crippen LogP contribution in [0, 0.1) is 10.1 Å². The summed E-state index contributed by atoms with van der Waals surface area (Å²) in [5, 5.41) is 11.1. The van der Waals surface area contributed by atoms with Crippen LogP contribution in [0.15, 0.2) is 30.0 Å². The second-order valence-electron chi connectivity index (χ2n) is 3.80. The van der Waals surface area contributed by atoms with Crippen LogP contribution in [0.5, 0.6) is 5.75 Å². The molecule has 0 radical (unpaired) electrons. The maximum absolute atomic E-state index is 11.1. The van der Waals surface area contributed by atoms with Crippen LogP contribution >= 0.6 is 34.8 Å². The maximum atomic E-state index is 11.1. The predicted octanol–water partition coefficient (Wildman–Crippen LogP) is 3.83. The largest absolute Gasteiger partial charge is 0.474 e. The van der Waals surface area contributed by atoms with E-state index in [0.29, 0.717) is 16.9 Å². The Morgan fingerprint density at radius 3 is 2.50 bits per heavy atom. The SMILES string of the molecule is CC1=C([N+](=O)[O-])[C@H](C(Cl)(Cl)Cl)Oc2ccccc21. The van der Waals surface area contributed by atoms with Crippen LogP contribution in [-0.2, 0) is 0 Å². The van der Waals surface area contributed by atoms with E-state index < -0.39 is 14.8 Å². The van der Waals surface area contributed by atoms with E-state index in [1.807, 2.05) is 0 Å². The van der Waals surface area contributed by atoms with E-state index in [0.717, 1.165) is 0 Å². The van der Waals surface area contributed by atoms with E-state index >= 15 is 0 Å². The van der Waals surface area contributed by atoms with Crippen LogP contribution in [0.1, 0.15) is 12.5 Å². The monoisotopic (exact) mass is 307 g/mol. The molecule has 0 bridgehead atoms. The van der Waals surface area contributed by atoms with Crippen molar-refractivity contribution in [3.8, 4) is 5.75 Å². The minimum atomic E-state index is -1.91. The zero-order valence-corrected chi connectivity index (χ0v) is 11.5. The summed E-state index contributed by atoms with van der Waals surface area (Å²) in [6.45, 7) is 1.61. The molecule has 0 aromatic heterocycles. The smallest absolute Gasteiger partial charge is 0.294 e. The molecular weight excluding hydrogens is 300 g/mol. The van der Waals surface area contributed by atoms with Crippen LogP contribution in [0.25, 0.3) is 5.57 Å². The average molecular weight is 309 g/mol. The zero-order valence-electron chi connectivity index (χ0n) is 9.19. The number of allylic oxidation sites excluding steroid dienone is 1. The lowest BCUT2D eigenvalue weighted by Gasteiger charge is -2.28. The molecule has 0 unspecified atom stereocenters. The molecule has 2 rings (SSSR count). The van der Waals surface area contributed by atoms with Gasteiger partial charge in [-0.05, 0) is 13.0 Å². The molecule has 18 heavy (non-hydrogen) atoms. The van der Waals surface area contributed by atoms with Gasteiger partial charge in [0.1, 0.15) is 5.75 Å². The van der Waals surface area contributed by atoms with Gasteiger partial charge in [0.25, 0.3) is 5.70 Å². The Morgan fingerprint density at radius 2 is 1.94 bits per heavy atom. The van der Waals surface area contributed by atoms with Gasteiger partial charge in [0, 0.05) is 11.1 Å². The second kappa shape index (κ2) is 4.61. The molecule has 0 saturated carbocycles. The van der Waals surface area contributed by atoms with E-state index in [9.17, 15) is 10.1 Å². The van der Waals surface area contributed by atoms with E-state index in [2.05, 4.69) is 0 Å². The summed E-state index contributed by atoms with van der Waals surface area (Å²) in [6, 6.07) is 6.92. The molecule has 0 N–H and O–H groups in total. The molecule has 1 aromatic rings. The lowest BCUT2D eigenvalue weighted by Crippen LogP contribution is -2.39. The Hall–Kier alpha value is -0.970. The summed E-state index contributed by atoms with van der Waals surface area (Å²) in [4.78, 5) is 10.6. The van der Waals surface area contributed by atoms with Gasteiger partial charge in [0.05, 0.1) is 4.92 Å². The standard InChI is InChI=1S/C11H8Cl3NO3/c1-6-7-4-2-3-5-8(7)18-10(11(12,13)14)9(6)15(16)17/h2-5,10H,1H3/t10-/m1/s1. The lowest BCUT2D eigenvalue weighted by atomic mass is 9.99. The van der Waals surface area contributed by atoms with Crippen molar-refractivity contribution in [1.29, 1.82) is 0 Å². The first kappa shape index (κ1) is 13.5. The number of nitrogens with zero attached hydrogens (tertiary/aromatic N) is 1. The van der Waals surface area contributed by atoms with Crippen LogP contribution in [-0.4, -0.2) is 14.8 Å². The van der Waals surface area contributed by atoms with Crippen LogP contribution in [0.4, 0.5) is 0 Å². The number of halogens is 3. The number of ether oxygens (including phenoxy) is 1. The number of benzene rings is 1. The molecule has 1 aromatic carbocycles. The van der Waals surface area contributed by atoms with Crippen LogP contribution in [0.2, 0.25) is 0 Å². The fourth-order valence-corrected chi connectivity index (χ4v) is 2.29. The molecule has 1 aliphatic rings. The Kier molecular flexibility index (Phi) is 3.45. The quantitative estimate of drug-likeness (QED) is 0.450. The molecule has 1 heterocycles. The number of rotatable bonds is 1. The third-order valence-corrected chi connectivity index (χ3v) is 3.26. The number of nitro groups is 1. The van der Waals surface area contributed by atoms with Gasteiger partial charge in [-0.3, -0.25) is 10.1 Å². The molecule has 4 nitrogen and oxygen atoms in total. The molecule has 1 aliphatic heterocycles. The number of alkyl halides is 3. The van der Waals surface area contributed by atoms with Crippen molar-refractivity contribution in [1.82, 2.24) is 0 Å². The van der Waals surface area contributed by atoms with E-state index in [4.69, 9.17) is 39.5 Å². The first-order chi connectivity index (χ1) is 8.32. The summed E-state index contributed by atoms with van der Waals surface area (Å²) in [5.41, 5.74) is 0.849. The van der Waals surface area contributed by atoms with Crippen molar-refractivity contribution < 1.29 is 9.66 Å². The first-order valence-corrected chi connectivity index (χ1v) is 6.13. The minimum absolute atomic E-state index is 0.228. The fourth-order valence-electron chi connectivity index (χ4n) is 1.85. The summed E-state index contributed by atoms with van der Waals surface area (Å²) < 4.78 is 3.54. The highest BCUT2D eigenvalue weighted by atomic mass is 35.6. The van der Waals surface area contributed by atoms with Gasteiger partial charge in [-0.25, -0.2) is 0 Å². The normalized spacial score (nSPS) is 19.2. The topological polar surface area (TPSA) is 52.4 Å². The summed E-state index contributed by atoms with van der Waals surface area (Å²) >= 11 is 17.2. The Bertz CT molecular complexity index is 537. The number of fused-ring (bicyclic) bond motifs is 1. The van der Waals surface area contributed by atoms with E-state index in [1.165, 1.54) is 0 Å². The molecule has 0 spiro atoms. The van der Waals surface area contributed by atoms with Gasteiger partial charge < -0.3 is 4.74 Å².